The van der Waals surface area contributed by atoms with Crippen molar-refractivity contribution in [3.05, 3.63) is 82.7 Å². The molecule has 1 heterocycles. The van der Waals surface area contributed by atoms with Crippen LogP contribution in [0.3, 0.4) is 0 Å². The van der Waals surface area contributed by atoms with E-state index in [1.807, 2.05) is 37.3 Å². The van der Waals surface area contributed by atoms with Crippen LogP contribution < -0.4 is 5.32 Å². The number of nitrogens with one attached hydrogen (secondary N) is 2. The van der Waals surface area contributed by atoms with Gasteiger partial charge in [0, 0.05) is 18.3 Å². The number of carbonyl (C=O) groups excluding carboxylic acids is 1. The predicted molar refractivity (Wildman–Crippen MR) is 113 cm³/mol. The van der Waals surface area contributed by atoms with Crippen LogP contribution in [0.25, 0.3) is 0 Å². The molecule has 0 spiro atoms. The Morgan fingerprint density at radius 1 is 1.20 bits per heavy atom. The van der Waals surface area contributed by atoms with E-state index < -0.39 is 10.0 Å². The Balaban J connectivity index is 1.55. The Bertz CT molecular complexity index is 1170. The molecule has 0 saturated carbocycles. The minimum absolute atomic E-state index is 0.160. The molecule has 0 radical (unpaired) electrons. The molecule has 1 aliphatic rings. The Morgan fingerprint density at radius 3 is 2.67 bits per heavy atom. The van der Waals surface area contributed by atoms with Gasteiger partial charge in [-0.05, 0) is 61.2 Å². The molecule has 0 unspecified atom stereocenters. The maximum Gasteiger partial charge on any atom is 0.251 e. The number of nitrogens with zero attached hydrogens (tertiary/aromatic N) is 2. The smallest absolute Gasteiger partial charge is 0.251 e. The van der Waals surface area contributed by atoms with E-state index in [-0.39, 0.29) is 23.4 Å². The summed E-state index contributed by atoms with van der Waals surface area (Å²) in [4.78, 5) is 12.8. The van der Waals surface area contributed by atoms with Gasteiger partial charge in [-0.15, -0.1) is 0 Å². The number of aryl methyl sites for hydroxylation is 2. The van der Waals surface area contributed by atoms with Gasteiger partial charge in [-0.2, -0.15) is 9.40 Å². The monoisotopic (exact) mass is 424 g/mol. The Kier molecular flexibility index (Phi) is 5.44. The number of hydrogen-bond donors (Lipinski definition) is 2. The maximum atomic E-state index is 13.1. The lowest BCUT2D eigenvalue weighted by Gasteiger charge is -2.18. The molecule has 2 N–H and O–H groups in total. The third kappa shape index (κ3) is 4.01. The lowest BCUT2D eigenvalue weighted by atomic mass is 10.1. The summed E-state index contributed by atoms with van der Waals surface area (Å²) in [5, 5.41) is 9.98. The van der Waals surface area contributed by atoms with Crippen LogP contribution in [0.5, 0.6) is 0 Å². The normalized spacial score (nSPS) is 15.9. The summed E-state index contributed by atoms with van der Waals surface area (Å²) in [6, 6.07) is 15.8. The van der Waals surface area contributed by atoms with Crippen molar-refractivity contribution in [1.82, 2.24) is 19.8 Å². The molecule has 4 rings (SSSR count). The van der Waals surface area contributed by atoms with Crippen LogP contribution in [-0.2, 0) is 23.0 Å². The van der Waals surface area contributed by atoms with Gasteiger partial charge in [0.25, 0.3) is 5.91 Å². The number of aromatic nitrogens is 2. The standard InChI is InChI=1S/C22H24N4O3S/c1-15-12-18(25-24-15)14-26(2)30(28,29)19-10-8-16-9-11-21(20(16)13-19)23-22(27)17-6-4-3-5-7-17/h3-8,10,12-13,21H,9,11,14H2,1-2H3,(H,23,27)(H,24,25)/t21-/m1/s1. The van der Waals surface area contributed by atoms with Crippen molar-refractivity contribution < 1.29 is 13.2 Å². The van der Waals surface area contributed by atoms with Gasteiger partial charge in [0.1, 0.15) is 0 Å². The number of benzene rings is 2. The molecule has 0 aliphatic heterocycles. The van der Waals surface area contributed by atoms with Crippen LogP contribution in [0.15, 0.2) is 59.5 Å². The summed E-state index contributed by atoms with van der Waals surface area (Å²) in [5.74, 6) is -0.160. The highest BCUT2D eigenvalue weighted by atomic mass is 32.2. The van der Waals surface area contributed by atoms with E-state index in [9.17, 15) is 13.2 Å². The topological polar surface area (TPSA) is 95.2 Å². The minimum Gasteiger partial charge on any atom is -0.345 e. The van der Waals surface area contributed by atoms with E-state index in [1.165, 1.54) is 4.31 Å². The highest BCUT2D eigenvalue weighted by Gasteiger charge is 2.28. The third-order valence-corrected chi connectivity index (χ3v) is 7.19. The van der Waals surface area contributed by atoms with Crippen molar-refractivity contribution in [3.8, 4) is 0 Å². The van der Waals surface area contributed by atoms with Crippen LogP contribution >= 0.6 is 0 Å². The first-order chi connectivity index (χ1) is 14.3. The molecule has 1 atom stereocenters. The average molecular weight is 425 g/mol. The number of amides is 1. The van der Waals surface area contributed by atoms with Crippen LogP contribution in [-0.4, -0.2) is 35.9 Å². The number of aromatic amines is 1. The van der Waals surface area contributed by atoms with Gasteiger partial charge >= 0.3 is 0 Å². The number of sulfonamides is 1. The molecule has 2 aromatic carbocycles. The van der Waals surface area contributed by atoms with Crippen molar-refractivity contribution in [1.29, 1.82) is 0 Å². The Morgan fingerprint density at radius 2 is 1.97 bits per heavy atom. The molecular weight excluding hydrogens is 400 g/mol. The zero-order chi connectivity index (χ0) is 21.3. The first-order valence-corrected chi connectivity index (χ1v) is 11.2. The Hall–Kier alpha value is -2.97. The summed E-state index contributed by atoms with van der Waals surface area (Å²) in [7, 11) is -2.14. The summed E-state index contributed by atoms with van der Waals surface area (Å²) in [6.07, 6.45) is 1.55. The molecule has 30 heavy (non-hydrogen) atoms. The lowest BCUT2D eigenvalue weighted by molar-refractivity contribution is 0.0936. The van der Waals surface area contributed by atoms with E-state index in [4.69, 9.17) is 0 Å². The fourth-order valence-electron chi connectivity index (χ4n) is 3.77. The highest BCUT2D eigenvalue weighted by molar-refractivity contribution is 7.89. The van der Waals surface area contributed by atoms with E-state index in [0.717, 1.165) is 29.7 Å². The highest BCUT2D eigenvalue weighted by Crippen LogP contribution is 2.33. The van der Waals surface area contributed by atoms with Gasteiger partial charge in [0.05, 0.1) is 23.2 Å². The minimum atomic E-state index is -3.69. The Labute approximate surface area is 176 Å². The molecule has 1 aromatic heterocycles. The number of fused-ring (bicyclic) bond motifs is 1. The van der Waals surface area contributed by atoms with Gasteiger partial charge in [-0.25, -0.2) is 8.42 Å². The predicted octanol–water partition coefficient (Wildman–Crippen LogP) is 2.96. The average Bonchev–Trinajstić information content (AvgIpc) is 3.34. The van der Waals surface area contributed by atoms with Crippen molar-refractivity contribution in [2.24, 2.45) is 0 Å². The van der Waals surface area contributed by atoms with E-state index in [1.54, 1.807) is 31.3 Å². The van der Waals surface area contributed by atoms with Crippen LogP contribution in [0.2, 0.25) is 0 Å². The van der Waals surface area contributed by atoms with Gasteiger partial charge in [-0.1, -0.05) is 24.3 Å². The number of hydrogen-bond acceptors (Lipinski definition) is 4. The summed E-state index contributed by atoms with van der Waals surface area (Å²) in [5.41, 5.74) is 4.06. The zero-order valence-corrected chi connectivity index (χ0v) is 17.7. The van der Waals surface area contributed by atoms with Crippen LogP contribution in [0.4, 0.5) is 0 Å². The van der Waals surface area contributed by atoms with Crippen molar-refractivity contribution in [3.63, 3.8) is 0 Å². The molecule has 1 aliphatic carbocycles. The van der Waals surface area contributed by atoms with E-state index >= 15 is 0 Å². The van der Waals surface area contributed by atoms with Gasteiger partial charge < -0.3 is 5.32 Å². The van der Waals surface area contributed by atoms with E-state index in [2.05, 4.69) is 15.5 Å². The molecule has 0 saturated heterocycles. The zero-order valence-electron chi connectivity index (χ0n) is 16.9. The van der Waals surface area contributed by atoms with Crippen molar-refractivity contribution in [2.75, 3.05) is 7.05 Å². The number of H-pyrrole nitrogens is 1. The molecule has 0 fully saturated rings. The van der Waals surface area contributed by atoms with Crippen molar-refractivity contribution in [2.45, 2.75) is 37.2 Å². The third-order valence-electron chi connectivity index (χ3n) is 5.39. The largest absolute Gasteiger partial charge is 0.345 e. The summed E-state index contributed by atoms with van der Waals surface area (Å²) >= 11 is 0. The summed E-state index contributed by atoms with van der Waals surface area (Å²) < 4.78 is 27.5. The number of carbonyl (C=O) groups is 1. The molecule has 8 heteroatoms. The summed E-state index contributed by atoms with van der Waals surface area (Å²) in [6.45, 7) is 2.05. The molecule has 3 aromatic rings. The number of rotatable bonds is 6. The molecular formula is C22H24N4O3S. The lowest BCUT2D eigenvalue weighted by Crippen LogP contribution is -2.28. The van der Waals surface area contributed by atoms with Gasteiger partial charge in [-0.3, -0.25) is 9.89 Å². The molecule has 156 valence electrons. The van der Waals surface area contributed by atoms with Gasteiger partial charge in [0.15, 0.2) is 0 Å². The SMILES string of the molecule is Cc1cc(CN(C)S(=O)(=O)c2ccc3c(c2)[C@H](NC(=O)c2ccccc2)CC3)n[nH]1. The van der Waals surface area contributed by atoms with Crippen molar-refractivity contribution >= 4 is 15.9 Å². The second-order valence-electron chi connectivity index (χ2n) is 7.59. The molecule has 1 amide bonds. The van der Waals surface area contributed by atoms with Crippen LogP contribution in [0, 0.1) is 6.92 Å². The fraction of sp³-hybridized carbons (Fsp3) is 0.273. The second kappa shape index (κ2) is 8.04. The molecule has 0 bridgehead atoms. The second-order valence-corrected chi connectivity index (χ2v) is 9.64. The van der Waals surface area contributed by atoms with Gasteiger partial charge in [0.2, 0.25) is 10.0 Å². The molecule has 7 nitrogen and oxygen atoms in total. The fourth-order valence-corrected chi connectivity index (χ4v) is 4.95. The van der Waals surface area contributed by atoms with Crippen LogP contribution in [0.1, 0.15) is 45.3 Å². The quantitative estimate of drug-likeness (QED) is 0.636. The van der Waals surface area contributed by atoms with E-state index in [0.29, 0.717) is 11.3 Å². The maximum absolute atomic E-state index is 13.1. The first-order valence-electron chi connectivity index (χ1n) is 9.80. The first kappa shape index (κ1) is 20.3.